The molecule has 2 aliphatic rings. The highest BCUT2D eigenvalue weighted by Gasteiger charge is 2.28. The third-order valence-corrected chi connectivity index (χ3v) is 6.49. The van der Waals surface area contributed by atoms with Gasteiger partial charge in [-0.05, 0) is 24.1 Å². The number of nitrogens with zero attached hydrogens (tertiary/aromatic N) is 1. The number of anilines is 1. The zero-order valence-electron chi connectivity index (χ0n) is 15.1. The Hall–Kier alpha value is -2.13. The van der Waals surface area contributed by atoms with E-state index < -0.39 is 9.84 Å². The van der Waals surface area contributed by atoms with Gasteiger partial charge in [-0.25, -0.2) is 8.42 Å². The van der Waals surface area contributed by atoms with Crippen LogP contribution in [0.3, 0.4) is 0 Å². The van der Waals surface area contributed by atoms with Crippen molar-refractivity contribution in [1.29, 1.82) is 0 Å². The fourth-order valence-electron chi connectivity index (χ4n) is 3.26. The molecule has 2 amide bonds. The van der Waals surface area contributed by atoms with Crippen LogP contribution in [0.2, 0.25) is 0 Å². The molecule has 148 valence electrons. The number of hydrogen-bond acceptors (Lipinski definition) is 6. The minimum Gasteiger partial charge on any atom is -0.378 e. The van der Waals surface area contributed by atoms with Gasteiger partial charge in [-0.1, -0.05) is 12.1 Å². The highest BCUT2D eigenvalue weighted by molar-refractivity contribution is 7.91. The fraction of sp³-hybridized carbons (Fsp3) is 0.556. The summed E-state index contributed by atoms with van der Waals surface area (Å²) in [5.41, 5.74) is 1.97. The Labute approximate surface area is 159 Å². The first-order valence-corrected chi connectivity index (χ1v) is 10.9. The molecule has 0 aliphatic carbocycles. The number of amides is 2. The Bertz CT molecular complexity index is 773. The van der Waals surface area contributed by atoms with E-state index in [0.29, 0.717) is 6.42 Å². The zero-order valence-corrected chi connectivity index (χ0v) is 16.0. The van der Waals surface area contributed by atoms with Crippen LogP contribution in [0.5, 0.6) is 0 Å². The van der Waals surface area contributed by atoms with E-state index in [1.165, 1.54) is 0 Å². The summed E-state index contributed by atoms with van der Waals surface area (Å²) >= 11 is 0. The van der Waals surface area contributed by atoms with Gasteiger partial charge in [0.2, 0.25) is 11.8 Å². The molecule has 2 saturated heterocycles. The van der Waals surface area contributed by atoms with Crippen LogP contribution in [0.15, 0.2) is 24.3 Å². The Balaban J connectivity index is 1.40. The molecule has 0 aromatic heterocycles. The maximum atomic E-state index is 12.0. The summed E-state index contributed by atoms with van der Waals surface area (Å²) in [6.07, 6.45) is 0.617. The Morgan fingerprint density at radius 2 is 1.81 bits per heavy atom. The van der Waals surface area contributed by atoms with E-state index in [1.54, 1.807) is 0 Å². The normalized spacial score (nSPS) is 21.6. The maximum Gasteiger partial charge on any atom is 0.239 e. The number of sulfone groups is 1. The molecule has 3 rings (SSSR count). The number of nitrogens with one attached hydrogen (secondary N) is 2. The van der Waals surface area contributed by atoms with Gasteiger partial charge in [0.25, 0.3) is 0 Å². The lowest BCUT2D eigenvalue weighted by atomic mass is 10.1. The lowest BCUT2D eigenvalue weighted by Gasteiger charge is -2.28. The van der Waals surface area contributed by atoms with Gasteiger partial charge in [0, 0.05) is 24.8 Å². The lowest BCUT2D eigenvalue weighted by Crippen LogP contribution is -2.42. The van der Waals surface area contributed by atoms with Crippen molar-refractivity contribution in [1.82, 2.24) is 10.6 Å². The Kier molecular flexibility index (Phi) is 6.33. The lowest BCUT2D eigenvalue weighted by molar-refractivity contribution is -0.126. The smallest absolute Gasteiger partial charge is 0.239 e. The van der Waals surface area contributed by atoms with Crippen LogP contribution in [0.4, 0.5) is 5.69 Å². The number of hydrogen-bond donors (Lipinski definition) is 2. The summed E-state index contributed by atoms with van der Waals surface area (Å²) in [6.45, 7) is 3.01. The Morgan fingerprint density at radius 3 is 2.44 bits per heavy atom. The Morgan fingerprint density at radius 1 is 1.11 bits per heavy atom. The van der Waals surface area contributed by atoms with E-state index >= 15 is 0 Å². The van der Waals surface area contributed by atoms with Gasteiger partial charge in [-0.15, -0.1) is 0 Å². The van der Waals surface area contributed by atoms with Crippen molar-refractivity contribution in [2.75, 3.05) is 49.3 Å². The summed E-state index contributed by atoms with van der Waals surface area (Å²) in [4.78, 5) is 26.1. The number of benzene rings is 1. The molecule has 0 radical (unpaired) electrons. The minimum atomic E-state index is -3.04. The number of carbonyl (C=O) groups excluding carboxylic acids is 2. The first-order chi connectivity index (χ1) is 12.9. The van der Waals surface area contributed by atoms with E-state index in [0.717, 1.165) is 37.6 Å². The molecule has 1 aromatic rings. The van der Waals surface area contributed by atoms with Crippen molar-refractivity contribution >= 4 is 27.3 Å². The topological polar surface area (TPSA) is 105 Å². The highest BCUT2D eigenvalue weighted by Crippen LogP contribution is 2.17. The van der Waals surface area contributed by atoms with Gasteiger partial charge in [-0.3, -0.25) is 9.59 Å². The molecule has 0 saturated carbocycles. The maximum absolute atomic E-state index is 12.0. The fourth-order valence-corrected chi connectivity index (χ4v) is 4.93. The van der Waals surface area contributed by atoms with Crippen LogP contribution in [0.25, 0.3) is 0 Å². The molecule has 1 aromatic carbocycles. The molecule has 27 heavy (non-hydrogen) atoms. The van der Waals surface area contributed by atoms with Crippen molar-refractivity contribution in [3.63, 3.8) is 0 Å². The van der Waals surface area contributed by atoms with Crippen molar-refractivity contribution in [2.24, 2.45) is 0 Å². The van der Waals surface area contributed by atoms with Gasteiger partial charge in [-0.2, -0.15) is 0 Å². The largest absolute Gasteiger partial charge is 0.378 e. The molecule has 0 spiro atoms. The van der Waals surface area contributed by atoms with Gasteiger partial charge in [0.1, 0.15) is 0 Å². The van der Waals surface area contributed by atoms with Crippen LogP contribution >= 0.6 is 0 Å². The van der Waals surface area contributed by atoms with Crippen LogP contribution < -0.4 is 15.5 Å². The first kappa shape index (κ1) is 19.6. The van der Waals surface area contributed by atoms with Crippen LogP contribution in [0, 0.1) is 0 Å². The van der Waals surface area contributed by atoms with Crippen LogP contribution in [-0.2, 0) is 30.6 Å². The van der Waals surface area contributed by atoms with Crippen molar-refractivity contribution in [2.45, 2.75) is 18.9 Å². The molecule has 1 unspecified atom stereocenters. The standard InChI is InChI=1S/C18H25N3O5S/c22-17(19-12-18(23)20-15-5-10-27(24,25)13-15)11-14-1-3-16(4-2-14)21-6-8-26-9-7-21/h1-4,15H,5-13H2,(H,19,22)(H,20,23). The van der Waals surface area contributed by atoms with E-state index in [1.807, 2.05) is 24.3 Å². The molecular formula is C18H25N3O5S. The minimum absolute atomic E-state index is 0.0256. The summed E-state index contributed by atoms with van der Waals surface area (Å²) in [5, 5.41) is 5.23. The predicted molar refractivity (Wildman–Crippen MR) is 101 cm³/mol. The van der Waals surface area contributed by atoms with Gasteiger partial charge < -0.3 is 20.3 Å². The number of ether oxygens (including phenoxy) is 1. The highest BCUT2D eigenvalue weighted by atomic mass is 32.2. The third kappa shape index (κ3) is 5.93. The number of morpholine rings is 1. The van der Waals surface area contributed by atoms with Gasteiger partial charge in [0.05, 0.1) is 37.7 Å². The average molecular weight is 395 g/mol. The second-order valence-corrected chi connectivity index (χ2v) is 9.12. The number of rotatable bonds is 6. The molecule has 9 heteroatoms. The first-order valence-electron chi connectivity index (χ1n) is 9.09. The molecule has 8 nitrogen and oxygen atoms in total. The molecule has 2 fully saturated rings. The summed E-state index contributed by atoms with van der Waals surface area (Å²) < 4.78 is 28.1. The summed E-state index contributed by atoms with van der Waals surface area (Å²) in [5.74, 6) is -0.538. The SMILES string of the molecule is O=C(Cc1ccc(N2CCOCC2)cc1)NCC(=O)NC1CCS(=O)(=O)C1. The molecule has 2 heterocycles. The van der Waals surface area contributed by atoms with Crippen LogP contribution in [-0.4, -0.2) is 70.6 Å². The summed E-state index contributed by atoms with van der Waals surface area (Å²) in [6, 6.07) is 7.44. The monoisotopic (exact) mass is 395 g/mol. The number of carbonyl (C=O) groups is 2. The summed E-state index contributed by atoms with van der Waals surface area (Å²) in [7, 11) is -3.04. The molecule has 0 bridgehead atoms. The zero-order chi connectivity index (χ0) is 19.3. The van der Waals surface area contributed by atoms with Crippen LogP contribution in [0.1, 0.15) is 12.0 Å². The van der Waals surface area contributed by atoms with E-state index in [2.05, 4.69) is 15.5 Å². The molecule has 1 atom stereocenters. The van der Waals surface area contributed by atoms with E-state index in [9.17, 15) is 18.0 Å². The van der Waals surface area contributed by atoms with Gasteiger partial charge >= 0.3 is 0 Å². The van der Waals surface area contributed by atoms with E-state index in [-0.39, 0.29) is 42.3 Å². The average Bonchev–Trinajstić information content (AvgIpc) is 3.00. The van der Waals surface area contributed by atoms with Gasteiger partial charge in [0.15, 0.2) is 9.84 Å². The quantitative estimate of drug-likeness (QED) is 0.672. The van der Waals surface area contributed by atoms with Crippen molar-refractivity contribution in [3.05, 3.63) is 29.8 Å². The molecule has 2 N–H and O–H groups in total. The second-order valence-electron chi connectivity index (χ2n) is 6.89. The molecule has 2 aliphatic heterocycles. The third-order valence-electron chi connectivity index (χ3n) is 4.72. The predicted octanol–water partition coefficient (Wildman–Crippen LogP) is -0.515. The van der Waals surface area contributed by atoms with Crippen molar-refractivity contribution in [3.8, 4) is 0 Å². The molecular weight excluding hydrogens is 370 g/mol. The second kappa shape index (κ2) is 8.71. The van der Waals surface area contributed by atoms with E-state index in [4.69, 9.17) is 4.74 Å². The van der Waals surface area contributed by atoms with Crippen molar-refractivity contribution < 1.29 is 22.7 Å².